The molecule has 1 aromatic heterocycles. The van der Waals surface area contributed by atoms with Gasteiger partial charge < -0.3 is 4.42 Å². The van der Waals surface area contributed by atoms with E-state index in [-0.39, 0.29) is 44.3 Å². The molecule has 0 saturated carbocycles. The molecule has 0 radical (unpaired) electrons. The number of rotatable bonds is 3. The molecule has 0 fully saturated rings. The summed E-state index contributed by atoms with van der Waals surface area (Å²) >= 11 is 0. The third-order valence-electron chi connectivity index (χ3n) is 7.74. The Bertz CT molecular complexity index is 3300. The number of furan rings is 1. The van der Waals surface area contributed by atoms with Crippen LogP contribution in [0.3, 0.4) is 0 Å². The van der Waals surface area contributed by atoms with Gasteiger partial charge in [-0.15, -0.1) is 0 Å². The van der Waals surface area contributed by atoms with Gasteiger partial charge in [0.2, 0.25) is 0 Å². The molecule has 0 atom stereocenters. The van der Waals surface area contributed by atoms with E-state index in [1.165, 1.54) is 0 Å². The number of hydrogen-bond acceptors (Lipinski definition) is 1. The van der Waals surface area contributed by atoms with Crippen LogP contribution >= 0.6 is 0 Å². The second-order valence-electron chi connectivity index (χ2n) is 10.0. The SMILES string of the molecule is [2H]c1ccc(-c2cc(-c3c4c([2H])c([2H])c([2H])c([2H])c4c(-c4c([2H])c([2H])c([2H])c5c([2H])c([2H])c([2H])c([2H])c45)c4c([2H])c([2H])c([2H])c([2H])c34)c3c(c2)oc2ccccc23)cc1. The van der Waals surface area contributed by atoms with Crippen LogP contribution in [-0.2, 0) is 0 Å². The number of hydrogen-bond donors (Lipinski definition) is 0. The molecule has 1 nitrogen and oxygen atoms in total. The molecule has 0 amide bonds. The highest BCUT2D eigenvalue weighted by atomic mass is 16.3. The van der Waals surface area contributed by atoms with Crippen LogP contribution in [0.25, 0.3) is 87.6 Å². The Morgan fingerprint density at radius 2 is 1.02 bits per heavy atom. The van der Waals surface area contributed by atoms with E-state index in [9.17, 15) is 6.85 Å². The zero-order chi connectivity index (χ0) is 42.3. The van der Waals surface area contributed by atoms with Gasteiger partial charge in [0, 0.05) is 10.8 Å². The Labute approximate surface area is 271 Å². The lowest BCUT2D eigenvalue weighted by molar-refractivity contribution is 0.669. The average molecular weight is 563 g/mol. The molecular weight excluding hydrogens is 520 g/mol. The van der Waals surface area contributed by atoms with E-state index in [4.69, 9.17) is 19.5 Å². The largest absolute Gasteiger partial charge is 0.456 e. The van der Waals surface area contributed by atoms with Gasteiger partial charge in [-0.1, -0.05) is 139 Å². The van der Waals surface area contributed by atoms with E-state index in [2.05, 4.69) is 0 Å². The fourth-order valence-corrected chi connectivity index (χ4v) is 5.94. The van der Waals surface area contributed by atoms with Gasteiger partial charge in [0.05, 0.1) is 21.9 Å². The van der Waals surface area contributed by atoms with Gasteiger partial charge in [-0.3, -0.25) is 0 Å². The van der Waals surface area contributed by atoms with Crippen LogP contribution in [0.2, 0.25) is 0 Å². The first kappa shape index (κ1) is 13.1. The summed E-state index contributed by atoms with van der Waals surface area (Å²) in [5, 5.41) is -0.993. The predicted octanol–water partition coefficient (Wildman–Crippen LogP) is 12.0. The highest BCUT2D eigenvalue weighted by Gasteiger charge is 2.22. The molecule has 0 aliphatic rings. The van der Waals surface area contributed by atoms with Crippen LogP contribution < -0.4 is 0 Å². The van der Waals surface area contributed by atoms with Gasteiger partial charge in [0.15, 0.2) is 0 Å². The van der Waals surface area contributed by atoms with Gasteiger partial charge >= 0.3 is 0 Å². The Morgan fingerprint density at radius 3 is 1.74 bits per heavy atom. The molecule has 43 heavy (non-hydrogen) atoms. The van der Waals surface area contributed by atoms with E-state index in [1.54, 1.807) is 60.7 Å². The van der Waals surface area contributed by atoms with Crippen molar-refractivity contribution in [2.24, 2.45) is 0 Å². The van der Waals surface area contributed by atoms with Crippen molar-refractivity contribution >= 4 is 54.3 Å². The second-order valence-corrected chi connectivity index (χ2v) is 10.0. The zero-order valence-corrected chi connectivity index (χ0v) is 22.2. The quantitative estimate of drug-likeness (QED) is 0.195. The Hall–Kier alpha value is -5.66. The van der Waals surface area contributed by atoms with Gasteiger partial charge in [0.1, 0.15) is 11.2 Å². The summed E-state index contributed by atoms with van der Waals surface area (Å²) in [5.74, 6) is 0. The molecule has 8 aromatic carbocycles. The molecule has 0 aliphatic heterocycles. The lowest BCUT2D eigenvalue weighted by atomic mass is 9.83. The highest BCUT2D eigenvalue weighted by molar-refractivity contribution is 6.27. The Morgan fingerprint density at radius 1 is 0.419 bits per heavy atom. The molecular formula is C42H26O. The first-order chi connectivity index (χ1) is 28.0. The van der Waals surface area contributed by atoms with E-state index in [0.29, 0.717) is 33.1 Å². The third-order valence-corrected chi connectivity index (χ3v) is 7.74. The van der Waals surface area contributed by atoms with Crippen LogP contribution in [0, 0.1) is 0 Å². The lowest BCUT2D eigenvalue weighted by Crippen LogP contribution is -1.92. The third kappa shape index (κ3) is 3.65. The minimum absolute atomic E-state index is 0.0331. The summed E-state index contributed by atoms with van der Waals surface area (Å²) in [6.45, 7) is 0. The van der Waals surface area contributed by atoms with E-state index in [1.807, 2.05) is 0 Å². The maximum absolute atomic E-state index is 9.51. The average Bonchev–Trinajstić information content (AvgIpc) is 3.61. The van der Waals surface area contributed by atoms with Gasteiger partial charge in [-0.25, -0.2) is 0 Å². The van der Waals surface area contributed by atoms with Crippen molar-refractivity contribution in [3.05, 3.63) is 157 Å². The lowest BCUT2D eigenvalue weighted by Gasteiger charge is -2.19. The minimum atomic E-state index is -0.775. The van der Waals surface area contributed by atoms with E-state index >= 15 is 0 Å². The maximum Gasteiger partial charge on any atom is 0.136 e. The fraction of sp³-hybridized carbons (Fsp3) is 0. The topological polar surface area (TPSA) is 13.1 Å². The smallest absolute Gasteiger partial charge is 0.136 e. The molecule has 0 unspecified atom stereocenters. The fourth-order valence-electron chi connectivity index (χ4n) is 5.94. The van der Waals surface area contributed by atoms with Crippen LogP contribution in [0.5, 0.6) is 0 Å². The van der Waals surface area contributed by atoms with Gasteiger partial charge in [-0.05, 0) is 83.9 Å². The minimum Gasteiger partial charge on any atom is -0.456 e. The molecule has 200 valence electrons. The Balaban J connectivity index is 1.66. The summed E-state index contributed by atoms with van der Waals surface area (Å²) in [6, 6.07) is 6.84. The predicted molar refractivity (Wildman–Crippen MR) is 183 cm³/mol. The van der Waals surface area contributed by atoms with Crippen molar-refractivity contribution < 1.29 is 26.3 Å². The van der Waals surface area contributed by atoms with Crippen LogP contribution in [-0.4, -0.2) is 0 Å². The van der Waals surface area contributed by atoms with E-state index < -0.39 is 107 Å². The Kier molecular flexibility index (Phi) is 2.88. The number of fused-ring (bicyclic) bond motifs is 6. The first-order valence-corrected chi connectivity index (χ1v) is 13.5. The van der Waals surface area contributed by atoms with Crippen LogP contribution in [0.1, 0.15) is 21.9 Å². The summed E-state index contributed by atoms with van der Waals surface area (Å²) in [7, 11) is 0. The van der Waals surface area contributed by atoms with Crippen molar-refractivity contribution in [1.82, 2.24) is 0 Å². The van der Waals surface area contributed by atoms with Crippen molar-refractivity contribution in [1.29, 1.82) is 0 Å². The maximum atomic E-state index is 9.51. The van der Waals surface area contributed by atoms with Crippen LogP contribution in [0.4, 0.5) is 0 Å². The summed E-state index contributed by atoms with van der Waals surface area (Å²) in [6.07, 6.45) is 0. The summed E-state index contributed by atoms with van der Waals surface area (Å²) < 4.78 is 150. The van der Waals surface area contributed by atoms with Crippen molar-refractivity contribution in [2.75, 3.05) is 0 Å². The van der Waals surface area contributed by atoms with Crippen molar-refractivity contribution in [2.45, 2.75) is 0 Å². The normalized spacial score (nSPS) is 16.9. The summed E-state index contributed by atoms with van der Waals surface area (Å²) in [4.78, 5) is 0. The molecule has 1 heteroatoms. The first-order valence-electron chi connectivity index (χ1n) is 21.5. The molecule has 9 aromatic rings. The van der Waals surface area contributed by atoms with Gasteiger partial charge in [-0.2, -0.15) is 0 Å². The second kappa shape index (κ2) is 9.44. The molecule has 0 spiro atoms. The number of benzene rings is 8. The molecule has 0 saturated heterocycles. The molecule has 1 heterocycles. The highest BCUT2D eigenvalue weighted by Crippen LogP contribution is 2.48. The van der Waals surface area contributed by atoms with E-state index in [0.717, 1.165) is 0 Å². The molecule has 0 aliphatic carbocycles. The van der Waals surface area contributed by atoms with Crippen molar-refractivity contribution in [3.63, 3.8) is 0 Å². The molecule has 0 N–H and O–H groups in total. The monoisotopic (exact) mass is 562 g/mol. The van der Waals surface area contributed by atoms with Crippen molar-refractivity contribution in [3.8, 4) is 33.4 Å². The number of para-hydroxylation sites is 1. The van der Waals surface area contributed by atoms with Crippen LogP contribution in [0.15, 0.2) is 162 Å². The molecule has 9 rings (SSSR count). The molecule has 0 bridgehead atoms. The standard InChI is InChI=1S/C42H26O/c1-2-13-27(14-3-1)29-25-37(42-36-22-10-11-24-38(36)43-39(42)26-29)41-34-20-8-6-18-32(34)40(33-19-7-9-21-35(33)41)31-23-12-16-28-15-4-5-17-30(28)31/h1-26H/i1D,4D,5D,6D,7D,8D,9D,12D,15D,16D,17D,18D,19D,20D,21D,23D. The van der Waals surface area contributed by atoms with Gasteiger partial charge in [0.25, 0.3) is 0 Å². The zero-order valence-electron chi connectivity index (χ0n) is 38.2. The summed E-state index contributed by atoms with van der Waals surface area (Å²) in [5.41, 5.74) is 1.34.